The Hall–Kier alpha value is -3.44. The molecule has 0 saturated carbocycles. The molecule has 45 heavy (non-hydrogen) atoms. The molecule has 0 saturated heterocycles. The van der Waals surface area contributed by atoms with Gasteiger partial charge in [-0.15, -0.1) is 0 Å². The zero-order chi connectivity index (χ0) is 32.3. The molecular weight excluding hydrogens is 567 g/mol. The highest BCUT2D eigenvalue weighted by molar-refractivity contribution is 7.01. The first-order valence-corrected chi connectivity index (χ1v) is 20.2. The molecule has 1 amide bonds. The topological polar surface area (TPSA) is 26.6 Å². The lowest BCUT2D eigenvalue weighted by Gasteiger charge is -2.44. The molecule has 0 radical (unpaired) electrons. The number of fused-ring (bicyclic) bond motifs is 4. The third-order valence-corrected chi connectivity index (χ3v) is 14.3. The molecule has 3 heterocycles. The zero-order valence-corrected chi connectivity index (χ0v) is 30.1. The lowest BCUT2D eigenvalue weighted by atomic mass is 9.84. The second-order valence-electron chi connectivity index (χ2n) is 14.5. The Kier molecular flexibility index (Phi) is 8.22. The van der Waals surface area contributed by atoms with E-state index in [1.54, 1.807) is 0 Å². The molecule has 0 fully saturated rings. The van der Waals surface area contributed by atoms with Crippen LogP contribution >= 0.6 is 0 Å². The van der Waals surface area contributed by atoms with E-state index in [2.05, 4.69) is 107 Å². The molecule has 4 nitrogen and oxygen atoms in total. The maximum Gasteiger partial charge on any atom is 0.254 e. The van der Waals surface area contributed by atoms with Gasteiger partial charge in [-0.05, 0) is 110 Å². The molecule has 0 bridgehead atoms. The second kappa shape index (κ2) is 11.7. The van der Waals surface area contributed by atoms with Crippen LogP contribution in [-0.2, 0) is 6.42 Å². The smallest absolute Gasteiger partial charge is 0.254 e. The number of hydrogen-bond acceptors (Lipinski definition) is 2. The van der Waals surface area contributed by atoms with Crippen LogP contribution in [0.1, 0.15) is 93.4 Å². The molecule has 0 aliphatic carbocycles. The van der Waals surface area contributed by atoms with Crippen molar-refractivity contribution in [3.8, 4) is 0 Å². The summed E-state index contributed by atoms with van der Waals surface area (Å²) in [6, 6.07) is 18.5. The van der Waals surface area contributed by atoms with Gasteiger partial charge in [0.05, 0.1) is 5.54 Å². The summed E-state index contributed by atoms with van der Waals surface area (Å²) in [4.78, 5) is 18.6. The van der Waals surface area contributed by atoms with E-state index in [-0.39, 0.29) is 11.4 Å². The quantitative estimate of drug-likeness (QED) is 0.261. The minimum absolute atomic E-state index is 0.0479. The molecule has 3 aliphatic rings. The van der Waals surface area contributed by atoms with Crippen LogP contribution in [0.3, 0.4) is 0 Å². The Morgan fingerprint density at radius 3 is 2.47 bits per heavy atom. The van der Waals surface area contributed by atoms with Crippen molar-refractivity contribution in [2.75, 3.05) is 38.1 Å². The van der Waals surface area contributed by atoms with Gasteiger partial charge in [-0.3, -0.25) is 4.79 Å². The molecule has 3 aromatic carbocycles. The van der Waals surface area contributed by atoms with E-state index >= 15 is 0 Å². The highest BCUT2D eigenvalue weighted by Crippen LogP contribution is 2.41. The third-order valence-electron chi connectivity index (χ3n) is 10.8. The summed E-state index contributed by atoms with van der Waals surface area (Å²) in [5, 5.41) is 5.74. The standard InChI is InChI=1S/C40H52N3OSi/c1-10-13-20-41(7)39(44)30-19-15-14-18-29(30)38-32-22-28-17-16-21-42(11-2)34(28)24-36(32)45(8,9)37-25-35-31(23-33(37)38)27(4)26-40(5,6)43(35)12-3/h14-15,18-19,22-26H,10-13,16-17,20-21H2,1-9H3/q+1. The SMILES string of the molecule is CCCCN(C)C(=O)c1ccccc1C1=c2cc3c(cc2[Si](C)(C)c2cc4c(cc21)C(C)=CC(C)(C)N4CC)=[N+](CC)CCC3. The number of anilines is 1. The molecule has 3 aliphatic heterocycles. The fourth-order valence-electron chi connectivity index (χ4n) is 8.36. The van der Waals surface area contributed by atoms with E-state index < -0.39 is 8.07 Å². The van der Waals surface area contributed by atoms with Gasteiger partial charge in [-0.2, -0.15) is 0 Å². The lowest BCUT2D eigenvalue weighted by Crippen LogP contribution is -2.64. The first kappa shape index (κ1) is 31.5. The van der Waals surface area contributed by atoms with Crippen molar-refractivity contribution in [3.63, 3.8) is 0 Å². The van der Waals surface area contributed by atoms with Gasteiger partial charge in [0.25, 0.3) is 5.91 Å². The highest BCUT2D eigenvalue weighted by Gasteiger charge is 2.40. The Balaban J connectivity index is 1.74. The van der Waals surface area contributed by atoms with Gasteiger partial charge in [0.1, 0.15) is 21.2 Å². The van der Waals surface area contributed by atoms with Gasteiger partial charge in [-0.1, -0.05) is 50.7 Å². The Morgan fingerprint density at radius 1 is 1.00 bits per heavy atom. The van der Waals surface area contributed by atoms with Crippen LogP contribution in [0.25, 0.3) is 11.1 Å². The first-order chi connectivity index (χ1) is 21.4. The Bertz CT molecular complexity index is 1850. The van der Waals surface area contributed by atoms with Crippen molar-refractivity contribution in [1.29, 1.82) is 0 Å². The van der Waals surface area contributed by atoms with Crippen molar-refractivity contribution in [2.45, 2.75) is 85.9 Å². The molecule has 236 valence electrons. The maximum atomic E-state index is 14.1. The fraction of sp³-hybridized carbons (Fsp3) is 0.450. The van der Waals surface area contributed by atoms with Gasteiger partial charge in [0.2, 0.25) is 5.36 Å². The van der Waals surface area contributed by atoms with Crippen LogP contribution in [0.5, 0.6) is 0 Å². The molecule has 3 aromatic rings. The van der Waals surface area contributed by atoms with Crippen molar-refractivity contribution in [3.05, 3.63) is 93.0 Å². The van der Waals surface area contributed by atoms with Crippen LogP contribution in [0, 0.1) is 0 Å². The van der Waals surface area contributed by atoms with E-state index in [4.69, 9.17) is 0 Å². The van der Waals surface area contributed by atoms with Crippen molar-refractivity contribution in [2.24, 2.45) is 0 Å². The molecular formula is C40H52N3OSi+. The third kappa shape index (κ3) is 5.12. The van der Waals surface area contributed by atoms with E-state index in [9.17, 15) is 4.79 Å². The number of nitrogens with zero attached hydrogens (tertiary/aromatic N) is 3. The molecule has 5 heteroatoms. The lowest BCUT2D eigenvalue weighted by molar-refractivity contribution is 0.0793. The number of rotatable bonds is 7. The maximum absolute atomic E-state index is 14.1. The predicted molar refractivity (Wildman–Crippen MR) is 195 cm³/mol. The van der Waals surface area contributed by atoms with Gasteiger partial charge >= 0.3 is 0 Å². The molecule has 0 N–H and O–H groups in total. The molecule has 6 rings (SSSR count). The Labute approximate surface area is 271 Å². The predicted octanol–water partition coefficient (Wildman–Crippen LogP) is 5.42. The summed E-state index contributed by atoms with van der Waals surface area (Å²) in [5.74, 6) is 0.111. The summed E-state index contributed by atoms with van der Waals surface area (Å²) in [6.07, 6.45) is 6.80. The number of amides is 1. The van der Waals surface area contributed by atoms with Crippen molar-refractivity contribution in [1.82, 2.24) is 9.48 Å². The van der Waals surface area contributed by atoms with E-state index in [0.29, 0.717) is 0 Å². The van der Waals surface area contributed by atoms with Crippen LogP contribution in [0.4, 0.5) is 5.69 Å². The van der Waals surface area contributed by atoms with Crippen LogP contribution in [0.2, 0.25) is 13.1 Å². The summed E-state index contributed by atoms with van der Waals surface area (Å²) in [7, 11) is -0.193. The normalized spacial score (nSPS) is 17.6. The van der Waals surface area contributed by atoms with Crippen molar-refractivity contribution >= 4 is 41.2 Å². The largest absolute Gasteiger partial charge is 0.363 e. The van der Waals surface area contributed by atoms with Gasteiger partial charge in [-0.25, -0.2) is 4.58 Å². The average molecular weight is 619 g/mol. The molecule has 0 aromatic heterocycles. The zero-order valence-electron chi connectivity index (χ0n) is 29.1. The van der Waals surface area contributed by atoms with Gasteiger partial charge in [0.15, 0.2) is 0 Å². The average Bonchev–Trinajstić information content (AvgIpc) is 3.02. The number of carbonyl (C=O) groups excluding carboxylic acids is 1. The minimum Gasteiger partial charge on any atom is -0.363 e. The van der Waals surface area contributed by atoms with E-state index in [1.165, 1.54) is 60.9 Å². The number of allylic oxidation sites excluding steroid dienone is 1. The van der Waals surface area contributed by atoms with Crippen LogP contribution < -0.4 is 30.4 Å². The Morgan fingerprint density at radius 2 is 1.76 bits per heavy atom. The number of carbonyl (C=O) groups is 1. The molecule has 0 unspecified atom stereocenters. The van der Waals surface area contributed by atoms with Crippen molar-refractivity contribution < 1.29 is 4.79 Å². The monoisotopic (exact) mass is 618 g/mol. The summed E-state index contributed by atoms with van der Waals surface area (Å²) >= 11 is 0. The summed E-state index contributed by atoms with van der Waals surface area (Å²) < 4.78 is 2.57. The first-order valence-electron chi connectivity index (χ1n) is 17.2. The number of aryl methyl sites for hydroxylation is 1. The minimum atomic E-state index is -2.15. The fourth-order valence-corrected chi connectivity index (χ4v) is 11.4. The summed E-state index contributed by atoms with van der Waals surface area (Å²) in [5.41, 5.74) is 9.82. The van der Waals surface area contributed by atoms with E-state index in [1.807, 2.05) is 24.1 Å². The van der Waals surface area contributed by atoms with Crippen LogP contribution in [0.15, 0.2) is 54.6 Å². The second-order valence-corrected chi connectivity index (χ2v) is 18.8. The highest BCUT2D eigenvalue weighted by atomic mass is 28.3. The van der Waals surface area contributed by atoms with E-state index in [0.717, 1.165) is 56.6 Å². The summed E-state index contributed by atoms with van der Waals surface area (Å²) in [6.45, 7) is 22.6. The number of hydrogen-bond donors (Lipinski definition) is 0. The number of unbranched alkanes of at least 4 members (excludes halogenated alkanes) is 1. The molecule has 0 atom stereocenters. The number of likely N-dealkylation sites (N-methyl/N-ethyl adjacent to an activating group) is 1. The van der Waals surface area contributed by atoms with Gasteiger partial charge in [0, 0.05) is 55.0 Å². The number of benzene rings is 3. The van der Waals surface area contributed by atoms with Gasteiger partial charge < -0.3 is 9.80 Å². The van der Waals surface area contributed by atoms with Crippen LogP contribution in [-0.4, -0.2) is 57.6 Å². The molecule has 0 spiro atoms.